The van der Waals surface area contributed by atoms with Crippen LogP contribution in [0, 0.1) is 29.4 Å². The molecular weight excluding hydrogens is 696 g/mol. The van der Waals surface area contributed by atoms with Gasteiger partial charge in [-0.25, -0.2) is 13.6 Å². The minimum absolute atomic E-state index is 0.0531. The molecule has 4 atom stereocenters. The van der Waals surface area contributed by atoms with E-state index in [4.69, 9.17) is 9.47 Å². The second kappa shape index (κ2) is 18.3. The van der Waals surface area contributed by atoms with Gasteiger partial charge in [0.1, 0.15) is 35.1 Å². The smallest absolute Gasteiger partial charge is 0.329 e. The lowest BCUT2D eigenvalue weighted by atomic mass is 9.78. The van der Waals surface area contributed by atoms with Gasteiger partial charge in [-0.1, -0.05) is 39.8 Å². The van der Waals surface area contributed by atoms with Crippen molar-refractivity contribution in [1.29, 1.82) is 0 Å². The van der Waals surface area contributed by atoms with Crippen molar-refractivity contribution >= 4 is 35.2 Å². The van der Waals surface area contributed by atoms with Gasteiger partial charge in [-0.05, 0) is 118 Å². The number of carbonyl (C=O) groups excluding carboxylic acids is 5. The largest absolute Gasteiger partial charge is 0.484 e. The van der Waals surface area contributed by atoms with Crippen molar-refractivity contribution < 1.29 is 42.2 Å². The van der Waals surface area contributed by atoms with Crippen LogP contribution in [0.25, 0.3) is 0 Å². The number of amides is 3. The van der Waals surface area contributed by atoms with Crippen molar-refractivity contribution in [3.05, 3.63) is 95.6 Å². The summed E-state index contributed by atoms with van der Waals surface area (Å²) in [5.41, 5.74) is 0.868. The minimum Gasteiger partial charge on any atom is -0.484 e. The van der Waals surface area contributed by atoms with Gasteiger partial charge < -0.3 is 25.0 Å². The molecule has 3 unspecified atom stereocenters. The van der Waals surface area contributed by atoms with E-state index in [2.05, 4.69) is 10.6 Å². The monoisotopic (exact) mass is 747 g/mol. The number of hydrogen-bond donors (Lipinski definition) is 2. The number of hydrogen-bond acceptors (Lipinski definition) is 7. The van der Waals surface area contributed by atoms with Crippen molar-refractivity contribution in [3.8, 4) is 5.75 Å². The highest BCUT2D eigenvalue weighted by atomic mass is 19.1. The Kier molecular flexibility index (Phi) is 14.1. The SMILES string of the molecule is CC(C)CC(NC(=O)[C@@H](CC(C)C)NC(=O)COc1ccc(C2C(CCC(=O)c3ccc(F)cc3)C(=O)N2c2ccc(F)cc2)cc1)C(=O)OC(C)(C)C. The van der Waals surface area contributed by atoms with Crippen LogP contribution in [0.4, 0.5) is 14.5 Å². The van der Waals surface area contributed by atoms with Gasteiger partial charge in [0.25, 0.3) is 5.91 Å². The van der Waals surface area contributed by atoms with Crippen LogP contribution in [0.3, 0.4) is 0 Å². The van der Waals surface area contributed by atoms with Gasteiger partial charge in [-0.15, -0.1) is 0 Å². The summed E-state index contributed by atoms with van der Waals surface area (Å²) in [6, 6.07) is 15.4. The predicted molar refractivity (Wildman–Crippen MR) is 201 cm³/mol. The maximum atomic E-state index is 13.7. The number of Topliss-reactive ketones (excluding diaryl/α,β-unsaturated/α-hetero) is 1. The molecule has 54 heavy (non-hydrogen) atoms. The van der Waals surface area contributed by atoms with E-state index in [1.807, 2.05) is 27.7 Å². The van der Waals surface area contributed by atoms with Crippen LogP contribution in [0.1, 0.15) is 96.1 Å². The van der Waals surface area contributed by atoms with E-state index in [1.54, 1.807) is 49.9 Å². The van der Waals surface area contributed by atoms with E-state index in [0.717, 1.165) is 5.56 Å². The van der Waals surface area contributed by atoms with Crippen LogP contribution >= 0.6 is 0 Å². The number of anilines is 1. The molecule has 290 valence electrons. The molecule has 10 nitrogen and oxygen atoms in total. The molecule has 1 fully saturated rings. The second-order valence-corrected chi connectivity index (χ2v) is 15.5. The first kappa shape index (κ1) is 41.6. The molecular formula is C42H51F2N3O7. The zero-order valence-electron chi connectivity index (χ0n) is 32.0. The Hall–Kier alpha value is -5.13. The molecule has 1 heterocycles. The highest BCUT2D eigenvalue weighted by molar-refractivity contribution is 6.04. The molecule has 4 rings (SSSR count). The molecule has 0 aromatic heterocycles. The summed E-state index contributed by atoms with van der Waals surface area (Å²) < 4.78 is 38.4. The van der Waals surface area contributed by atoms with Crippen molar-refractivity contribution in [3.63, 3.8) is 0 Å². The highest BCUT2D eigenvalue weighted by Gasteiger charge is 2.48. The number of ether oxygens (including phenoxy) is 2. The molecule has 2 N–H and O–H groups in total. The zero-order chi connectivity index (χ0) is 39.7. The summed E-state index contributed by atoms with van der Waals surface area (Å²) in [5, 5.41) is 5.53. The zero-order valence-corrected chi connectivity index (χ0v) is 32.0. The number of ketones is 1. The highest BCUT2D eigenvalue weighted by Crippen LogP contribution is 2.46. The summed E-state index contributed by atoms with van der Waals surface area (Å²) in [7, 11) is 0. The Morgan fingerprint density at radius 3 is 1.89 bits per heavy atom. The van der Waals surface area contributed by atoms with Gasteiger partial charge in [0, 0.05) is 17.7 Å². The maximum Gasteiger partial charge on any atom is 0.329 e. The third-order valence-electron chi connectivity index (χ3n) is 8.83. The van der Waals surface area contributed by atoms with Crippen molar-refractivity contribution in [2.45, 2.75) is 97.9 Å². The van der Waals surface area contributed by atoms with E-state index >= 15 is 0 Å². The number of halogens is 2. The maximum absolute atomic E-state index is 13.7. The van der Waals surface area contributed by atoms with E-state index in [1.165, 1.54) is 48.5 Å². The topological polar surface area (TPSA) is 131 Å². The van der Waals surface area contributed by atoms with Crippen LogP contribution in [-0.4, -0.2) is 53.8 Å². The molecule has 0 aliphatic carbocycles. The molecule has 0 saturated carbocycles. The Morgan fingerprint density at radius 2 is 1.33 bits per heavy atom. The molecule has 1 aliphatic heterocycles. The van der Waals surface area contributed by atoms with E-state index in [-0.39, 0.29) is 43.0 Å². The first-order chi connectivity index (χ1) is 25.4. The average Bonchev–Trinajstić information content (AvgIpc) is 3.09. The first-order valence-corrected chi connectivity index (χ1v) is 18.3. The van der Waals surface area contributed by atoms with Crippen LogP contribution in [0.5, 0.6) is 5.75 Å². The number of esters is 1. The van der Waals surface area contributed by atoms with Gasteiger partial charge >= 0.3 is 5.97 Å². The van der Waals surface area contributed by atoms with Gasteiger partial charge in [-0.3, -0.25) is 19.2 Å². The first-order valence-electron chi connectivity index (χ1n) is 18.3. The van der Waals surface area contributed by atoms with Crippen LogP contribution in [-0.2, 0) is 23.9 Å². The number of nitrogens with one attached hydrogen (secondary N) is 2. The fourth-order valence-electron chi connectivity index (χ4n) is 6.35. The van der Waals surface area contributed by atoms with Crippen LogP contribution < -0.4 is 20.3 Å². The van der Waals surface area contributed by atoms with Crippen molar-refractivity contribution in [2.75, 3.05) is 11.5 Å². The number of carbonyl (C=O) groups is 5. The molecule has 0 bridgehead atoms. The molecule has 3 aromatic rings. The summed E-state index contributed by atoms with van der Waals surface area (Å²) >= 11 is 0. The molecule has 0 spiro atoms. The van der Waals surface area contributed by atoms with Gasteiger partial charge in [0.05, 0.1) is 12.0 Å². The van der Waals surface area contributed by atoms with Crippen molar-refractivity contribution in [1.82, 2.24) is 10.6 Å². The lowest BCUT2D eigenvalue weighted by Crippen LogP contribution is -2.55. The summed E-state index contributed by atoms with van der Waals surface area (Å²) in [4.78, 5) is 67.2. The minimum atomic E-state index is -0.916. The van der Waals surface area contributed by atoms with Gasteiger partial charge in [0.15, 0.2) is 12.4 Å². The molecule has 1 saturated heterocycles. The van der Waals surface area contributed by atoms with Crippen molar-refractivity contribution in [2.24, 2.45) is 17.8 Å². The summed E-state index contributed by atoms with van der Waals surface area (Å²) in [6.45, 7) is 12.6. The quantitative estimate of drug-likeness (QED) is 0.0855. The average molecular weight is 748 g/mol. The standard InChI is InChI=1S/C42H51F2N3O7/c1-25(2)22-34(39(50)46-35(23-26(3)4)41(52)54-42(5,6)7)45-37(49)24-53-32-18-10-28(11-19-32)38-33(20-21-36(48)27-8-12-29(43)13-9-27)40(51)47(38)31-16-14-30(44)15-17-31/h8-19,25-26,33-35,38H,20-24H2,1-7H3,(H,45,49)(H,46,50)/t33?,34-,35?,38?/m1/s1. The number of nitrogens with zero attached hydrogens (tertiary/aromatic N) is 1. The summed E-state index contributed by atoms with van der Waals surface area (Å²) in [6.07, 6.45) is 1.02. The second-order valence-electron chi connectivity index (χ2n) is 15.5. The van der Waals surface area contributed by atoms with Gasteiger partial charge in [-0.2, -0.15) is 0 Å². The van der Waals surface area contributed by atoms with E-state index in [9.17, 15) is 32.8 Å². The van der Waals surface area contributed by atoms with E-state index < -0.39 is 59.1 Å². The third kappa shape index (κ3) is 11.7. The lowest BCUT2D eigenvalue weighted by Gasteiger charge is -2.47. The fourth-order valence-corrected chi connectivity index (χ4v) is 6.35. The Bertz CT molecular complexity index is 1770. The number of rotatable bonds is 17. The van der Waals surface area contributed by atoms with Crippen LogP contribution in [0.15, 0.2) is 72.8 Å². The van der Waals surface area contributed by atoms with Crippen LogP contribution in [0.2, 0.25) is 0 Å². The molecule has 3 amide bonds. The van der Waals surface area contributed by atoms with E-state index in [0.29, 0.717) is 29.8 Å². The lowest BCUT2D eigenvalue weighted by molar-refractivity contribution is -0.159. The Balaban J connectivity index is 1.42. The molecule has 0 radical (unpaired) electrons. The fraction of sp³-hybridized carbons (Fsp3) is 0.452. The molecule has 1 aliphatic rings. The Morgan fingerprint density at radius 1 is 0.778 bits per heavy atom. The number of β-lactam (4-membered cyclic amide) rings is 1. The van der Waals surface area contributed by atoms with Gasteiger partial charge in [0.2, 0.25) is 11.8 Å². The third-order valence-corrected chi connectivity index (χ3v) is 8.83. The molecule has 3 aromatic carbocycles. The normalized spacial score (nSPS) is 16.7. The molecule has 12 heteroatoms. The summed E-state index contributed by atoms with van der Waals surface area (Å²) in [5.74, 6) is -2.91. The predicted octanol–water partition coefficient (Wildman–Crippen LogP) is 7.11. The number of benzene rings is 3. The Labute approximate surface area is 316 Å².